The van der Waals surface area contributed by atoms with Gasteiger partial charge in [0.2, 0.25) is 0 Å². The third-order valence-corrected chi connectivity index (χ3v) is 4.12. The number of fused-ring (bicyclic) bond motifs is 1. The van der Waals surface area contributed by atoms with Crippen LogP contribution in [0.3, 0.4) is 0 Å². The average molecular weight is 231 g/mol. The zero-order valence-corrected chi connectivity index (χ0v) is 11.2. The van der Waals surface area contributed by atoms with Gasteiger partial charge in [-0.25, -0.2) is 0 Å². The van der Waals surface area contributed by atoms with Gasteiger partial charge >= 0.3 is 0 Å². The maximum atomic E-state index is 3.52. The molecule has 0 bridgehead atoms. The third kappa shape index (κ3) is 2.90. The summed E-state index contributed by atoms with van der Waals surface area (Å²) in [6, 6.07) is 9.59. The van der Waals surface area contributed by atoms with E-state index in [-0.39, 0.29) is 0 Å². The molecule has 1 aliphatic carbocycles. The lowest BCUT2D eigenvalue weighted by Crippen LogP contribution is -2.38. The highest BCUT2D eigenvalue weighted by molar-refractivity contribution is 5.41. The van der Waals surface area contributed by atoms with Crippen molar-refractivity contribution in [1.29, 1.82) is 0 Å². The SMILES string of the molecule is CCCCCCC(NC)C1Cc2ccccc21. The molecule has 0 aliphatic heterocycles. The molecule has 2 atom stereocenters. The molecule has 0 heterocycles. The Hall–Kier alpha value is -0.820. The molecule has 0 radical (unpaired) electrons. The molecule has 2 rings (SSSR count). The van der Waals surface area contributed by atoms with E-state index in [0.717, 1.165) is 5.92 Å². The van der Waals surface area contributed by atoms with Crippen molar-refractivity contribution >= 4 is 0 Å². The Balaban J connectivity index is 1.84. The molecule has 17 heavy (non-hydrogen) atoms. The lowest BCUT2D eigenvalue weighted by Gasteiger charge is -2.36. The molecule has 0 saturated heterocycles. The number of benzene rings is 1. The van der Waals surface area contributed by atoms with E-state index >= 15 is 0 Å². The standard InChI is InChI=1S/C16H25N/c1-3-4-5-6-11-16(17-2)15-12-13-9-7-8-10-14(13)15/h7-10,15-17H,3-6,11-12H2,1-2H3. The number of hydrogen-bond acceptors (Lipinski definition) is 1. The van der Waals surface area contributed by atoms with Crippen LogP contribution >= 0.6 is 0 Å². The molecule has 1 aromatic carbocycles. The number of likely N-dealkylation sites (N-methyl/N-ethyl adjacent to an activating group) is 1. The Morgan fingerprint density at radius 3 is 2.76 bits per heavy atom. The van der Waals surface area contributed by atoms with Crippen molar-refractivity contribution in [2.75, 3.05) is 7.05 Å². The summed E-state index contributed by atoms with van der Waals surface area (Å²) in [5.41, 5.74) is 3.15. The Kier molecular flexibility index (Phi) is 4.61. The highest BCUT2D eigenvalue weighted by Crippen LogP contribution is 2.38. The molecule has 0 saturated carbocycles. The monoisotopic (exact) mass is 231 g/mol. The van der Waals surface area contributed by atoms with Crippen LogP contribution in [0.15, 0.2) is 24.3 Å². The topological polar surface area (TPSA) is 12.0 Å². The molecule has 1 nitrogen and oxygen atoms in total. The predicted octanol–water partition coefficient (Wildman–Crippen LogP) is 3.88. The second-order valence-corrected chi connectivity index (χ2v) is 5.25. The summed E-state index contributed by atoms with van der Waals surface area (Å²) in [6.07, 6.45) is 8.08. The van der Waals surface area contributed by atoms with Crippen molar-refractivity contribution in [3.63, 3.8) is 0 Å². The van der Waals surface area contributed by atoms with Crippen LogP contribution < -0.4 is 5.32 Å². The lowest BCUT2D eigenvalue weighted by atomic mass is 9.72. The predicted molar refractivity (Wildman–Crippen MR) is 74.5 cm³/mol. The average Bonchev–Trinajstić information content (AvgIpc) is 2.33. The van der Waals surface area contributed by atoms with Gasteiger partial charge in [-0.2, -0.15) is 0 Å². The number of rotatable bonds is 7. The van der Waals surface area contributed by atoms with E-state index in [4.69, 9.17) is 0 Å². The largest absolute Gasteiger partial charge is 0.316 e. The lowest BCUT2D eigenvalue weighted by molar-refractivity contribution is 0.388. The minimum absolute atomic E-state index is 0.682. The number of nitrogens with one attached hydrogen (secondary N) is 1. The molecule has 1 aromatic rings. The summed E-state index contributed by atoms with van der Waals surface area (Å²) in [5.74, 6) is 0.762. The van der Waals surface area contributed by atoms with Crippen molar-refractivity contribution in [1.82, 2.24) is 5.32 Å². The molecule has 0 fully saturated rings. The van der Waals surface area contributed by atoms with Gasteiger partial charge in [-0.05, 0) is 31.0 Å². The van der Waals surface area contributed by atoms with Crippen LogP contribution in [0, 0.1) is 0 Å². The third-order valence-electron chi connectivity index (χ3n) is 4.12. The van der Waals surface area contributed by atoms with Gasteiger partial charge in [0.25, 0.3) is 0 Å². The van der Waals surface area contributed by atoms with Crippen LogP contribution in [0.25, 0.3) is 0 Å². The van der Waals surface area contributed by atoms with Gasteiger partial charge in [0.05, 0.1) is 0 Å². The fourth-order valence-corrected chi connectivity index (χ4v) is 2.99. The summed E-state index contributed by atoms with van der Waals surface area (Å²) < 4.78 is 0. The van der Waals surface area contributed by atoms with Crippen LogP contribution in [0.2, 0.25) is 0 Å². The molecule has 2 unspecified atom stereocenters. The normalized spacial score (nSPS) is 19.5. The van der Waals surface area contributed by atoms with E-state index in [9.17, 15) is 0 Å². The van der Waals surface area contributed by atoms with Crippen LogP contribution in [-0.4, -0.2) is 13.1 Å². The summed E-state index contributed by atoms with van der Waals surface area (Å²) in [5, 5.41) is 3.52. The van der Waals surface area contributed by atoms with E-state index in [0.29, 0.717) is 6.04 Å². The smallest absolute Gasteiger partial charge is 0.0136 e. The number of hydrogen-bond donors (Lipinski definition) is 1. The molecule has 1 aliphatic rings. The van der Waals surface area contributed by atoms with E-state index in [1.807, 2.05) is 0 Å². The molecular weight excluding hydrogens is 206 g/mol. The first-order valence-corrected chi connectivity index (χ1v) is 7.12. The summed E-state index contributed by atoms with van der Waals surface area (Å²) in [7, 11) is 2.12. The van der Waals surface area contributed by atoms with E-state index in [2.05, 4.69) is 43.6 Å². The van der Waals surface area contributed by atoms with Crippen molar-refractivity contribution in [2.24, 2.45) is 0 Å². The second-order valence-electron chi connectivity index (χ2n) is 5.25. The fraction of sp³-hybridized carbons (Fsp3) is 0.625. The summed E-state index contributed by atoms with van der Waals surface area (Å²) in [4.78, 5) is 0. The van der Waals surface area contributed by atoms with Gasteiger partial charge in [0.1, 0.15) is 0 Å². The number of unbranched alkanes of at least 4 members (excludes halogenated alkanes) is 3. The van der Waals surface area contributed by atoms with E-state index in [1.54, 1.807) is 11.1 Å². The van der Waals surface area contributed by atoms with Gasteiger partial charge in [-0.15, -0.1) is 0 Å². The van der Waals surface area contributed by atoms with Gasteiger partial charge in [-0.1, -0.05) is 56.9 Å². The van der Waals surface area contributed by atoms with Crippen LogP contribution in [0.1, 0.15) is 56.1 Å². The highest BCUT2D eigenvalue weighted by Gasteiger charge is 2.31. The maximum Gasteiger partial charge on any atom is 0.0136 e. The quantitative estimate of drug-likeness (QED) is 0.702. The first kappa shape index (κ1) is 12.6. The molecule has 1 heteroatoms. The summed E-state index contributed by atoms with van der Waals surface area (Å²) >= 11 is 0. The van der Waals surface area contributed by atoms with Crippen molar-refractivity contribution in [3.05, 3.63) is 35.4 Å². The second kappa shape index (κ2) is 6.20. The maximum absolute atomic E-state index is 3.52. The minimum atomic E-state index is 0.682. The van der Waals surface area contributed by atoms with Crippen LogP contribution in [-0.2, 0) is 6.42 Å². The van der Waals surface area contributed by atoms with E-state index in [1.165, 1.54) is 38.5 Å². The van der Waals surface area contributed by atoms with Gasteiger partial charge in [0, 0.05) is 12.0 Å². The zero-order chi connectivity index (χ0) is 12.1. The Labute approximate surface area is 106 Å². The van der Waals surface area contributed by atoms with Crippen molar-refractivity contribution in [3.8, 4) is 0 Å². The zero-order valence-electron chi connectivity index (χ0n) is 11.2. The minimum Gasteiger partial charge on any atom is -0.316 e. The Bertz CT molecular complexity index is 345. The van der Waals surface area contributed by atoms with E-state index < -0.39 is 0 Å². The fourth-order valence-electron chi connectivity index (χ4n) is 2.99. The van der Waals surface area contributed by atoms with Gasteiger partial charge < -0.3 is 5.32 Å². The Morgan fingerprint density at radius 2 is 2.06 bits per heavy atom. The van der Waals surface area contributed by atoms with Crippen molar-refractivity contribution in [2.45, 2.75) is 57.4 Å². The van der Waals surface area contributed by atoms with Crippen molar-refractivity contribution < 1.29 is 0 Å². The Morgan fingerprint density at radius 1 is 1.24 bits per heavy atom. The highest BCUT2D eigenvalue weighted by atomic mass is 14.9. The molecule has 0 spiro atoms. The summed E-state index contributed by atoms with van der Waals surface area (Å²) in [6.45, 7) is 2.28. The van der Waals surface area contributed by atoms with Crippen LogP contribution in [0.4, 0.5) is 0 Å². The van der Waals surface area contributed by atoms with Gasteiger partial charge in [-0.3, -0.25) is 0 Å². The first-order chi connectivity index (χ1) is 8.36. The first-order valence-electron chi connectivity index (χ1n) is 7.12. The molecule has 0 amide bonds. The van der Waals surface area contributed by atoms with Crippen LogP contribution in [0.5, 0.6) is 0 Å². The molecular formula is C16H25N. The molecule has 94 valence electrons. The van der Waals surface area contributed by atoms with Gasteiger partial charge in [0.15, 0.2) is 0 Å². The molecule has 0 aromatic heterocycles. The molecule has 1 N–H and O–H groups in total.